The average molecular weight is 269 g/mol. The Balaban J connectivity index is 2.71. The normalized spacial score (nSPS) is 10.7. The zero-order valence-corrected chi connectivity index (χ0v) is 9.76. The van der Waals surface area contributed by atoms with Crippen LogP contribution in [-0.2, 0) is 0 Å². The SMILES string of the molecule is COc1cc(C(=O)O)nc2c(OC(F)F)cccc12. The molecule has 2 aromatic rings. The molecule has 0 radical (unpaired) electrons. The number of para-hydroxylation sites is 1. The predicted octanol–water partition coefficient (Wildman–Crippen LogP) is 2.54. The molecule has 0 aliphatic heterocycles. The van der Waals surface area contributed by atoms with Crippen molar-refractivity contribution < 1.29 is 28.2 Å². The number of carbonyl (C=O) groups is 1. The quantitative estimate of drug-likeness (QED) is 0.923. The van der Waals surface area contributed by atoms with Crippen LogP contribution in [0.5, 0.6) is 11.5 Å². The number of ether oxygens (including phenoxy) is 2. The number of methoxy groups -OCH3 is 1. The van der Waals surface area contributed by atoms with Crippen LogP contribution in [0.4, 0.5) is 8.78 Å². The van der Waals surface area contributed by atoms with Crippen LogP contribution in [0.3, 0.4) is 0 Å². The second-order valence-electron chi connectivity index (χ2n) is 3.55. The molecule has 1 heterocycles. The van der Waals surface area contributed by atoms with Crippen LogP contribution in [0.15, 0.2) is 24.3 Å². The first-order chi connectivity index (χ1) is 9.02. The zero-order chi connectivity index (χ0) is 14.0. The molecule has 0 unspecified atom stereocenters. The summed E-state index contributed by atoms with van der Waals surface area (Å²) in [5, 5.41) is 9.32. The van der Waals surface area contributed by atoms with Crippen LogP contribution in [0, 0.1) is 0 Å². The topological polar surface area (TPSA) is 68.7 Å². The number of benzene rings is 1. The third kappa shape index (κ3) is 2.54. The van der Waals surface area contributed by atoms with E-state index in [0.29, 0.717) is 5.39 Å². The van der Waals surface area contributed by atoms with Crippen molar-refractivity contribution in [1.82, 2.24) is 4.98 Å². The Hall–Kier alpha value is -2.44. The lowest BCUT2D eigenvalue weighted by Gasteiger charge is -2.10. The van der Waals surface area contributed by atoms with Crippen molar-refractivity contribution in [1.29, 1.82) is 0 Å². The molecule has 0 fully saturated rings. The molecule has 100 valence electrons. The molecule has 0 bridgehead atoms. The summed E-state index contributed by atoms with van der Waals surface area (Å²) in [6, 6.07) is 5.57. The van der Waals surface area contributed by atoms with E-state index in [-0.39, 0.29) is 22.7 Å². The molecule has 19 heavy (non-hydrogen) atoms. The summed E-state index contributed by atoms with van der Waals surface area (Å²) in [5.74, 6) is -1.26. The number of aromatic nitrogens is 1. The van der Waals surface area contributed by atoms with Crippen LogP contribution in [0.1, 0.15) is 10.5 Å². The van der Waals surface area contributed by atoms with E-state index in [1.807, 2.05) is 0 Å². The molecular formula is C12H9F2NO4. The van der Waals surface area contributed by atoms with Crippen molar-refractivity contribution in [3.8, 4) is 11.5 Å². The fourth-order valence-electron chi connectivity index (χ4n) is 1.66. The van der Waals surface area contributed by atoms with Gasteiger partial charge in [-0.3, -0.25) is 0 Å². The Morgan fingerprint density at radius 3 is 2.68 bits per heavy atom. The summed E-state index contributed by atoms with van der Waals surface area (Å²) in [5.41, 5.74) is -0.297. The fraction of sp³-hybridized carbons (Fsp3) is 0.167. The van der Waals surface area contributed by atoms with Gasteiger partial charge < -0.3 is 14.6 Å². The number of hydrogen-bond donors (Lipinski definition) is 1. The molecule has 1 aromatic heterocycles. The summed E-state index contributed by atoms with van der Waals surface area (Å²) in [7, 11) is 1.35. The predicted molar refractivity (Wildman–Crippen MR) is 61.9 cm³/mol. The summed E-state index contributed by atoms with van der Waals surface area (Å²) < 4.78 is 33.9. The van der Waals surface area contributed by atoms with Gasteiger partial charge >= 0.3 is 12.6 Å². The molecule has 0 spiro atoms. The fourth-order valence-corrected chi connectivity index (χ4v) is 1.66. The van der Waals surface area contributed by atoms with Crippen molar-refractivity contribution >= 4 is 16.9 Å². The summed E-state index contributed by atoms with van der Waals surface area (Å²) in [4.78, 5) is 14.7. The number of rotatable bonds is 4. The highest BCUT2D eigenvalue weighted by atomic mass is 19.3. The highest BCUT2D eigenvalue weighted by Gasteiger charge is 2.16. The molecule has 1 aromatic carbocycles. The minimum Gasteiger partial charge on any atom is -0.496 e. The van der Waals surface area contributed by atoms with E-state index in [9.17, 15) is 13.6 Å². The van der Waals surface area contributed by atoms with Crippen LogP contribution in [0.25, 0.3) is 10.9 Å². The van der Waals surface area contributed by atoms with E-state index in [0.717, 1.165) is 0 Å². The van der Waals surface area contributed by atoms with Crippen molar-refractivity contribution in [3.05, 3.63) is 30.0 Å². The minimum atomic E-state index is -3.02. The van der Waals surface area contributed by atoms with Gasteiger partial charge in [0.15, 0.2) is 11.4 Å². The Bertz CT molecular complexity index is 630. The standard InChI is InChI=1S/C12H9F2NO4/c1-18-9-5-7(11(16)17)15-10-6(9)3-2-4-8(10)19-12(13)14/h2-5,12H,1H3,(H,16,17). The van der Waals surface area contributed by atoms with Gasteiger partial charge in [0.05, 0.1) is 7.11 Å². The van der Waals surface area contributed by atoms with E-state index in [4.69, 9.17) is 9.84 Å². The van der Waals surface area contributed by atoms with Crippen LogP contribution < -0.4 is 9.47 Å². The molecule has 0 saturated heterocycles. The number of aromatic carboxylic acids is 1. The third-order valence-corrected chi connectivity index (χ3v) is 2.42. The first-order valence-electron chi connectivity index (χ1n) is 5.18. The van der Waals surface area contributed by atoms with Gasteiger partial charge in [0.25, 0.3) is 0 Å². The Morgan fingerprint density at radius 1 is 1.37 bits per heavy atom. The number of carboxylic acid groups (broad SMARTS) is 1. The maximum Gasteiger partial charge on any atom is 0.387 e. The van der Waals surface area contributed by atoms with Crippen molar-refractivity contribution in [2.45, 2.75) is 6.61 Å². The molecule has 0 saturated carbocycles. The Kier molecular flexibility index (Phi) is 3.46. The third-order valence-electron chi connectivity index (χ3n) is 2.42. The van der Waals surface area contributed by atoms with E-state index in [1.54, 1.807) is 6.07 Å². The first kappa shape index (κ1) is 13.0. The largest absolute Gasteiger partial charge is 0.496 e. The van der Waals surface area contributed by atoms with Crippen molar-refractivity contribution in [3.63, 3.8) is 0 Å². The molecular weight excluding hydrogens is 260 g/mol. The average Bonchev–Trinajstić information content (AvgIpc) is 2.37. The van der Waals surface area contributed by atoms with Gasteiger partial charge in [0.1, 0.15) is 11.3 Å². The number of pyridine rings is 1. The number of nitrogens with zero attached hydrogens (tertiary/aromatic N) is 1. The smallest absolute Gasteiger partial charge is 0.387 e. The van der Waals surface area contributed by atoms with E-state index < -0.39 is 12.6 Å². The lowest BCUT2D eigenvalue weighted by atomic mass is 10.1. The minimum absolute atomic E-state index is 0.0135. The van der Waals surface area contributed by atoms with Gasteiger partial charge in [-0.1, -0.05) is 6.07 Å². The lowest BCUT2D eigenvalue weighted by molar-refractivity contribution is -0.0489. The van der Waals surface area contributed by atoms with Gasteiger partial charge in [-0.15, -0.1) is 0 Å². The molecule has 5 nitrogen and oxygen atoms in total. The monoisotopic (exact) mass is 269 g/mol. The van der Waals surface area contributed by atoms with Crippen LogP contribution >= 0.6 is 0 Å². The maximum atomic E-state index is 12.3. The molecule has 0 amide bonds. The van der Waals surface area contributed by atoms with E-state index in [1.165, 1.54) is 25.3 Å². The molecule has 0 aliphatic carbocycles. The molecule has 1 N–H and O–H groups in total. The van der Waals surface area contributed by atoms with Crippen LogP contribution in [-0.4, -0.2) is 29.8 Å². The second kappa shape index (κ2) is 5.05. The molecule has 2 rings (SSSR count). The number of carboxylic acids is 1. The maximum absolute atomic E-state index is 12.3. The number of halogens is 2. The lowest BCUT2D eigenvalue weighted by Crippen LogP contribution is -2.06. The van der Waals surface area contributed by atoms with Gasteiger partial charge in [0, 0.05) is 11.5 Å². The van der Waals surface area contributed by atoms with E-state index >= 15 is 0 Å². The number of alkyl halides is 2. The van der Waals surface area contributed by atoms with Gasteiger partial charge in [-0.25, -0.2) is 9.78 Å². The zero-order valence-electron chi connectivity index (χ0n) is 9.76. The Morgan fingerprint density at radius 2 is 2.11 bits per heavy atom. The highest BCUT2D eigenvalue weighted by Crippen LogP contribution is 2.32. The summed E-state index contributed by atoms with van der Waals surface area (Å²) >= 11 is 0. The number of hydrogen-bond acceptors (Lipinski definition) is 4. The van der Waals surface area contributed by atoms with Gasteiger partial charge in [-0.2, -0.15) is 8.78 Å². The molecule has 0 aliphatic rings. The van der Waals surface area contributed by atoms with Crippen molar-refractivity contribution in [2.24, 2.45) is 0 Å². The van der Waals surface area contributed by atoms with Gasteiger partial charge in [-0.05, 0) is 12.1 Å². The van der Waals surface area contributed by atoms with Crippen LogP contribution in [0.2, 0.25) is 0 Å². The van der Waals surface area contributed by atoms with Gasteiger partial charge in [0.2, 0.25) is 0 Å². The van der Waals surface area contributed by atoms with E-state index in [2.05, 4.69) is 9.72 Å². The summed E-state index contributed by atoms with van der Waals surface area (Å²) in [6.07, 6.45) is 0. The summed E-state index contributed by atoms with van der Waals surface area (Å²) in [6.45, 7) is -3.02. The highest BCUT2D eigenvalue weighted by molar-refractivity contribution is 5.95. The molecule has 0 atom stereocenters. The Labute approximate surface area is 106 Å². The second-order valence-corrected chi connectivity index (χ2v) is 3.55. The van der Waals surface area contributed by atoms with Crippen molar-refractivity contribution in [2.75, 3.05) is 7.11 Å². The molecule has 7 heteroatoms. The number of fused-ring (bicyclic) bond motifs is 1. The first-order valence-corrected chi connectivity index (χ1v) is 5.18.